The van der Waals surface area contributed by atoms with Crippen molar-refractivity contribution in [1.29, 1.82) is 0 Å². The van der Waals surface area contributed by atoms with Gasteiger partial charge < -0.3 is 9.32 Å². The number of hydrogen-bond acceptors (Lipinski definition) is 2. The zero-order chi connectivity index (χ0) is 13.0. The highest BCUT2D eigenvalue weighted by molar-refractivity contribution is 9.09. The second kappa shape index (κ2) is 6.41. The molecule has 1 saturated heterocycles. The first-order chi connectivity index (χ1) is 8.77. The maximum Gasteiger partial charge on any atom is 0.257 e. The Kier molecular flexibility index (Phi) is 4.87. The Hall–Kier alpha value is -0.770. The first-order valence-electron chi connectivity index (χ1n) is 6.71. The van der Waals surface area contributed by atoms with Gasteiger partial charge in [0, 0.05) is 24.3 Å². The summed E-state index contributed by atoms with van der Waals surface area (Å²) in [5.41, 5.74) is 0.741. The molecular weight excluding hydrogens is 294 g/mol. The summed E-state index contributed by atoms with van der Waals surface area (Å²) in [7, 11) is 0. The second-order valence-electron chi connectivity index (χ2n) is 4.77. The van der Waals surface area contributed by atoms with Crippen LogP contribution in [0.5, 0.6) is 0 Å². The van der Waals surface area contributed by atoms with Gasteiger partial charge in [0.25, 0.3) is 5.91 Å². The summed E-state index contributed by atoms with van der Waals surface area (Å²) in [5.74, 6) is 0.935. The van der Waals surface area contributed by atoms with E-state index in [2.05, 4.69) is 15.9 Å². The SMILES string of the molecule is CCc1occc1C(=O)N1CCCCCC1CBr. The van der Waals surface area contributed by atoms with E-state index < -0.39 is 0 Å². The van der Waals surface area contributed by atoms with Gasteiger partial charge in [-0.2, -0.15) is 0 Å². The molecule has 0 saturated carbocycles. The number of aryl methyl sites for hydroxylation is 1. The number of amides is 1. The van der Waals surface area contributed by atoms with Crippen LogP contribution in [0.3, 0.4) is 0 Å². The normalized spacial score (nSPS) is 20.8. The number of rotatable bonds is 3. The van der Waals surface area contributed by atoms with E-state index in [-0.39, 0.29) is 5.91 Å². The largest absolute Gasteiger partial charge is 0.469 e. The topological polar surface area (TPSA) is 33.5 Å². The van der Waals surface area contributed by atoms with Crippen LogP contribution in [0.1, 0.15) is 48.7 Å². The Morgan fingerprint density at radius 2 is 2.33 bits per heavy atom. The number of furan rings is 1. The summed E-state index contributed by atoms with van der Waals surface area (Å²) < 4.78 is 5.37. The molecule has 0 N–H and O–H groups in total. The average molecular weight is 314 g/mol. The Balaban J connectivity index is 2.20. The minimum atomic E-state index is 0.131. The summed E-state index contributed by atoms with van der Waals surface area (Å²) in [5, 5.41) is 0.859. The number of nitrogens with zero attached hydrogens (tertiary/aromatic N) is 1. The third kappa shape index (κ3) is 2.79. The van der Waals surface area contributed by atoms with Gasteiger partial charge in [-0.05, 0) is 18.9 Å². The Morgan fingerprint density at radius 3 is 3.06 bits per heavy atom. The molecule has 1 aromatic rings. The van der Waals surface area contributed by atoms with Crippen LogP contribution in [0.2, 0.25) is 0 Å². The second-order valence-corrected chi connectivity index (χ2v) is 5.41. The fourth-order valence-corrected chi connectivity index (χ4v) is 3.24. The van der Waals surface area contributed by atoms with Crippen molar-refractivity contribution in [2.45, 2.75) is 45.1 Å². The van der Waals surface area contributed by atoms with Gasteiger partial charge in [0.2, 0.25) is 0 Å². The van der Waals surface area contributed by atoms with Crippen molar-refractivity contribution in [3.8, 4) is 0 Å². The zero-order valence-corrected chi connectivity index (χ0v) is 12.4. The molecule has 0 aliphatic carbocycles. The van der Waals surface area contributed by atoms with Crippen LogP contribution in [-0.4, -0.2) is 28.7 Å². The molecule has 0 spiro atoms. The van der Waals surface area contributed by atoms with E-state index in [4.69, 9.17) is 4.42 Å². The molecule has 1 aliphatic heterocycles. The van der Waals surface area contributed by atoms with Crippen LogP contribution in [-0.2, 0) is 6.42 Å². The standard InChI is InChI=1S/C14H20BrNO2/c1-2-13-12(7-9-18-13)14(17)16-8-5-3-4-6-11(16)10-15/h7,9,11H,2-6,8,10H2,1H3. The lowest BCUT2D eigenvalue weighted by Gasteiger charge is -2.28. The smallest absolute Gasteiger partial charge is 0.257 e. The molecule has 1 unspecified atom stereocenters. The van der Waals surface area contributed by atoms with Gasteiger partial charge in [0.15, 0.2) is 0 Å². The summed E-state index contributed by atoms with van der Waals surface area (Å²) in [6, 6.07) is 2.12. The molecule has 0 bridgehead atoms. The van der Waals surface area contributed by atoms with Gasteiger partial charge in [-0.25, -0.2) is 0 Å². The molecule has 0 aromatic carbocycles. The Labute approximate surface area is 117 Å². The summed E-state index contributed by atoms with van der Waals surface area (Å²) in [6.45, 7) is 2.88. The number of hydrogen-bond donors (Lipinski definition) is 0. The van der Waals surface area contributed by atoms with E-state index >= 15 is 0 Å². The lowest BCUT2D eigenvalue weighted by Crippen LogP contribution is -2.41. The molecule has 100 valence electrons. The van der Waals surface area contributed by atoms with Gasteiger partial charge in [0.1, 0.15) is 5.76 Å². The first-order valence-corrected chi connectivity index (χ1v) is 7.83. The molecule has 1 fully saturated rings. The highest BCUT2D eigenvalue weighted by atomic mass is 79.9. The monoisotopic (exact) mass is 313 g/mol. The molecule has 2 heterocycles. The van der Waals surface area contributed by atoms with E-state index in [0.29, 0.717) is 6.04 Å². The third-order valence-electron chi connectivity index (χ3n) is 3.61. The molecule has 0 radical (unpaired) electrons. The van der Waals surface area contributed by atoms with Crippen molar-refractivity contribution < 1.29 is 9.21 Å². The molecular formula is C14H20BrNO2. The Bertz CT molecular complexity index is 402. The lowest BCUT2D eigenvalue weighted by molar-refractivity contribution is 0.0700. The predicted molar refractivity (Wildman–Crippen MR) is 75.2 cm³/mol. The minimum Gasteiger partial charge on any atom is -0.469 e. The summed E-state index contributed by atoms with van der Waals surface area (Å²) in [6.07, 6.45) is 7.02. The Morgan fingerprint density at radius 1 is 1.50 bits per heavy atom. The lowest BCUT2D eigenvalue weighted by atomic mass is 10.1. The van der Waals surface area contributed by atoms with Crippen molar-refractivity contribution in [3.63, 3.8) is 0 Å². The highest BCUT2D eigenvalue weighted by Gasteiger charge is 2.27. The molecule has 1 amide bonds. The van der Waals surface area contributed by atoms with Crippen LogP contribution >= 0.6 is 15.9 Å². The van der Waals surface area contributed by atoms with Crippen molar-refractivity contribution in [2.24, 2.45) is 0 Å². The number of carbonyl (C=O) groups excluding carboxylic acids is 1. The molecule has 18 heavy (non-hydrogen) atoms. The maximum absolute atomic E-state index is 12.6. The van der Waals surface area contributed by atoms with Gasteiger partial charge in [-0.15, -0.1) is 0 Å². The summed E-state index contributed by atoms with van der Waals surface area (Å²) >= 11 is 3.54. The first kappa shape index (κ1) is 13.7. The highest BCUT2D eigenvalue weighted by Crippen LogP contribution is 2.22. The van der Waals surface area contributed by atoms with Gasteiger partial charge >= 0.3 is 0 Å². The zero-order valence-electron chi connectivity index (χ0n) is 10.8. The molecule has 2 rings (SSSR count). The van der Waals surface area contributed by atoms with E-state index in [0.717, 1.165) is 42.5 Å². The summed E-state index contributed by atoms with van der Waals surface area (Å²) in [4.78, 5) is 14.6. The maximum atomic E-state index is 12.6. The van der Waals surface area contributed by atoms with Crippen LogP contribution in [0.4, 0.5) is 0 Å². The van der Waals surface area contributed by atoms with Crippen LogP contribution in [0.15, 0.2) is 16.7 Å². The number of alkyl halides is 1. The van der Waals surface area contributed by atoms with Crippen LogP contribution < -0.4 is 0 Å². The number of carbonyl (C=O) groups is 1. The van der Waals surface area contributed by atoms with E-state index in [1.807, 2.05) is 11.8 Å². The van der Waals surface area contributed by atoms with Crippen molar-refractivity contribution in [3.05, 3.63) is 23.7 Å². The molecule has 4 heteroatoms. The fraction of sp³-hybridized carbons (Fsp3) is 0.643. The average Bonchev–Trinajstić information content (AvgIpc) is 2.74. The molecule has 1 aliphatic rings. The molecule has 3 nitrogen and oxygen atoms in total. The van der Waals surface area contributed by atoms with E-state index in [1.54, 1.807) is 12.3 Å². The van der Waals surface area contributed by atoms with Crippen molar-refractivity contribution in [2.75, 3.05) is 11.9 Å². The molecule has 1 atom stereocenters. The third-order valence-corrected chi connectivity index (χ3v) is 4.36. The van der Waals surface area contributed by atoms with Gasteiger partial charge in [-0.1, -0.05) is 35.7 Å². The fourth-order valence-electron chi connectivity index (χ4n) is 2.56. The van der Waals surface area contributed by atoms with Crippen LogP contribution in [0.25, 0.3) is 0 Å². The quantitative estimate of drug-likeness (QED) is 0.798. The van der Waals surface area contributed by atoms with Crippen molar-refractivity contribution in [1.82, 2.24) is 4.90 Å². The minimum absolute atomic E-state index is 0.131. The predicted octanol–water partition coefficient (Wildman–Crippen LogP) is 3.62. The van der Waals surface area contributed by atoms with E-state index in [1.165, 1.54) is 12.8 Å². The van der Waals surface area contributed by atoms with Crippen molar-refractivity contribution >= 4 is 21.8 Å². The van der Waals surface area contributed by atoms with E-state index in [9.17, 15) is 4.79 Å². The molecule has 1 aromatic heterocycles. The number of halogens is 1. The number of likely N-dealkylation sites (tertiary alicyclic amines) is 1. The van der Waals surface area contributed by atoms with Gasteiger partial charge in [-0.3, -0.25) is 4.79 Å². The van der Waals surface area contributed by atoms with Gasteiger partial charge in [0.05, 0.1) is 11.8 Å². The van der Waals surface area contributed by atoms with Crippen LogP contribution in [0, 0.1) is 0 Å².